The van der Waals surface area contributed by atoms with E-state index < -0.39 is 0 Å². The van der Waals surface area contributed by atoms with Crippen molar-refractivity contribution in [2.75, 3.05) is 7.05 Å². The molecule has 0 fully saturated rings. The lowest BCUT2D eigenvalue weighted by Gasteiger charge is -2.11. The van der Waals surface area contributed by atoms with Crippen LogP contribution in [0.15, 0.2) is 36.4 Å². The average Bonchev–Trinajstić information content (AvgIpc) is 2.43. The predicted molar refractivity (Wildman–Crippen MR) is 84.5 cm³/mol. The molecule has 3 heteroatoms. The second kappa shape index (κ2) is 6.78. The Hall–Kier alpha value is -1.51. The number of hydrogen-bond acceptors (Lipinski definition) is 2. The van der Waals surface area contributed by atoms with E-state index in [1.807, 2.05) is 33.0 Å². The maximum atomic E-state index is 6.16. The number of hydrogen-bond donors (Lipinski definition) is 1. The van der Waals surface area contributed by atoms with Crippen LogP contribution in [0.1, 0.15) is 22.3 Å². The van der Waals surface area contributed by atoms with Crippen molar-refractivity contribution in [1.82, 2.24) is 5.32 Å². The first-order chi connectivity index (χ1) is 9.60. The van der Waals surface area contributed by atoms with Crippen molar-refractivity contribution >= 4 is 11.6 Å². The molecule has 0 atom stereocenters. The van der Waals surface area contributed by atoms with Crippen molar-refractivity contribution in [2.45, 2.75) is 27.0 Å². The fourth-order valence-electron chi connectivity index (χ4n) is 2.19. The third-order valence-electron chi connectivity index (χ3n) is 3.19. The zero-order chi connectivity index (χ0) is 14.5. The topological polar surface area (TPSA) is 21.3 Å². The fraction of sp³-hybridized carbons (Fsp3) is 0.294. The lowest BCUT2D eigenvalue weighted by molar-refractivity contribution is 0.305. The first kappa shape index (κ1) is 14.9. The van der Waals surface area contributed by atoms with Gasteiger partial charge in [-0.05, 0) is 55.3 Å². The van der Waals surface area contributed by atoms with Gasteiger partial charge in [-0.3, -0.25) is 0 Å². The molecule has 0 spiro atoms. The summed E-state index contributed by atoms with van der Waals surface area (Å²) in [7, 11) is 1.95. The van der Waals surface area contributed by atoms with E-state index in [-0.39, 0.29) is 0 Å². The van der Waals surface area contributed by atoms with E-state index in [1.165, 1.54) is 11.1 Å². The standard InChI is InChI=1S/C17H20ClNO/c1-12-7-16(8-13(2)17(12)18)20-11-15-6-4-5-14(9-15)10-19-3/h4-9,19H,10-11H2,1-3H3. The van der Waals surface area contributed by atoms with Gasteiger partial charge in [-0.25, -0.2) is 0 Å². The van der Waals surface area contributed by atoms with Crippen LogP contribution in [0.3, 0.4) is 0 Å². The minimum absolute atomic E-state index is 0.568. The SMILES string of the molecule is CNCc1cccc(COc2cc(C)c(Cl)c(C)c2)c1. The molecule has 1 N–H and O–H groups in total. The Morgan fingerprint density at radius 2 is 1.70 bits per heavy atom. The van der Waals surface area contributed by atoms with Gasteiger partial charge in [0.1, 0.15) is 12.4 Å². The van der Waals surface area contributed by atoms with Crippen LogP contribution in [0.25, 0.3) is 0 Å². The van der Waals surface area contributed by atoms with Gasteiger partial charge in [0.05, 0.1) is 0 Å². The van der Waals surface area contributed by atoms with Gasteiger partial charge in [0.25, 0.3) is 0 Å². The molecular formula is C17H20ClNO. The lowest BCUT2D eigenvalue weighted by atomic mass is 10.1. The highest BCUT2D eigenvalue weighted by Crippen LogP contribution is 2.26. The lowest BCUT2D eigenvalue weighted by Crippen LogP contribution is -2.05. The molecule has 0 aliphatic carbocycles. The maximum Gasteiger partial charge on any atom is 0.120 e. The van der Waals surface area contributed by atoms with Crippen LogP contribution in [0.4, 0.5) is 0 Å². The largest absolute Gasteiger partial charge is 0.489 e. The van der Waals surface area contributed by atoms with Crippen LogP contribution < -0.4 is 10.1 Å². The fourth-order valence-corrected chi connectivity index (χ4v) is 2.30. The summed E-state index contributed by atoms with van der Waals surface area (Å²) in [6.45, 7) is 5.43. The first-order valence-corrected chi connectivity index (χ1v) is 7.10. The molecule has 0 heterocycles. The summed E-state index contributed by atoms with van der Waals surface area (Å²) in [4.78, 5) is 0. The predicted octanol–water partition coefficient (Wildman–Crippen LogP) is 4.26. The van der Waals surface area contributed by atoms with Crippen molar-refractivity contribution in [3.63, 3.8) is 0 Å². The summed E-state index contributed by atoms with van der Waals surface area (Å²) in [5.41, 5.74) is 4.52. The number of aryl methyl sites for hydroxylation is 2. The Morgan fingerprint density at radius 3 is 2.35 bits per heavy atom. The van der Waals surface area contributed by atoms with Crippen molar-refractivity contribution in [3.05, 3.63) is 63.7 Å². The van der Waals surface area contributed by atoms with E-state index in [4.69, 9.17) is 16.3 Å². The second-order valence-corrected chi connectivity index (χ2v) is 5.39. The number of nitrogens with one attached hydrogen (secondary N) is 1. The smallest absolute Gasteiger partial charge is 0.120 e. The first-order valence-electron chi connectivity index (χ1n) is 6.72. The molecule has 2 rings (SSSR count). The summed E-state index contributed by atoms with van der Waals surface area (Å²) in [5, 5.41) is 3.96. The summed E-state index contributed by atoms with van der Waals surface area (Å²) in [6.07, 6.45) is 0. The molecule has 2 nitrogen and oxygen atoms in total. The summed E-state index contributed by atoms with van der Waals surface area (Å²) >= 11 is 6.16. The van der Waals surface area contributed by atoms with Gasteiger partial charge in [-0.1, -0.05) is 35.9 Å². The van der Waals surface area contributed by atoms with E-state index in [0.29, 0.717) is 6.61 Å². The van der Waals surface area contributed by atoms with Crippen LogP contribution in [-0.4, -0.2) is 7.05 Å². The van der Waals surface area contributed by atoms with Gasteiger partial charge in [-0.2, -0.15) is 0 Å². The molecule has 106 valence electrons. The van der Waals surface area contributed by atoms with Gasteiger partial charge in [0, 0.05) is 11.6 Å². The summed E-state index contributed by atoms with van der Waals surface area (Å²) in [6, 6.07) is 12.4. The molecule has 0 aliphatic rings. The Morgan fingerprint density at radius 1 is 1.05 bits per heavy atom. The number of rotatable bonds is 5. The summed E-state index contributed by atoms with van der Waals surface area (Å²) < 4.78 is 5.86. The number of halogens is 1. The van der Waals surface area contributed by atoms with Crippen molar-refractivity contribution < 1.29 is 4.74 Å². The minimum atomic E-state index is 0.568. The Labute approximate surface area is 125 Å². The molecule has 0 aliphatic heterocycles. The van der Waals surface area contributed by atoms with E-state index >= 15 is 0 Å². The maximum absolute atomic E-state index is 6.16. The molecule has 0 saturated carbocycles. The number of benzene rings is 2. The molecule has 20 heavy (non-hydrogen) atoms. The molecular weight excluding hydrogens is 270 g/mol. The highest BCUT2D eigenvalue weighted by molar-refractivity contribution is 6.32. The van der Waals surface area contributed by atoms with Crippen LogP contribution in [0.5, 0.6) is 5.75 Å². The van der Waals surface area contributed by atoms with Crippen LogP contribution in [0, 0.1) is 13.8 Å². The van der Waals surface area contributed by atoms with Crippen LogP contribution in [0.2, 0.25) is 5.02 Å². The van der Waals surface area contributed by atoms with Gasteiger partial charge in [0.2, 0.25) is 0 Å². The Balaban J connectivity index is 2.07. The molecule has 0 bridgehead atoms. The van der Waals surface area contributed by atoms with E-state index in [1.54, 1.807) is 0 Å². The minimum Gasteiger partial charge on any atom is -0.489 e. The van der Waals surface area contributed by atoms with Gasteiger partial charge in [0.15, 0.2) is 0 Å². The third kappa shape index (κ3) is 3.75. The Kier molecular flexibility index (Phi) is 5.05. The zero-order valence-corrected chi connectivity index (χ0v) is 12.9. The third-order valence-corrected chi connectivity index (χ3v) is 3.78. The van der Waals surface area contributed by atoms with E-state index in [2.05, 4.69) is 29.6 Å². The van der Waals surface area contributed by atoms with E-state index in [9.17, 15) is 0 Å². The highest BCUT2D eigenvalue weighted by atomic mass is 35.5. The Bertz CT molecular complexity index is 572. The number of ether oxygens (including phenoxy) is 1. The van der Waals surface area contributed by atoms with Crippen LogP contribution >= 0.6 is 11.6 Å². The molecule has 2 aromatic rings. The van der Waals surface area contributed by atoms with Crippen molar-refractivity contribution in [1.29, 1.82) is 0 Å². The van der Waals surface area contributed by atoms with Gasteiger partial charge in [-0.15, -0.1) is 0 Å². The van der Waals surface area contributed by atoms with Crippen molar-refractivity contribution in [3.8, 4) is 5.75 Å². The molecule has 0 saturated heterocycles. The zero-order valence-electron chi connectivity index (χ0n) is 12.2. The molecule has 2 aromatic carbocycles. The van der Waals surface area contributed by atoms with Crippen LogP contribution in [-0.2, 0) is 13.2 Å². The molecule has 0 aromatic heterocycles. The monoisotopic (exact) mass is 289 g/mol. The molecule has 0 amide bonds. The van der Waals surface area contributed by atoms with Gasteiger partial charge < -0.3 is 10.1 Å². The normalized spacial score (nSPS) is 10.6. The van der Waals surface area contributed by atoms with Gasteiger partial charge >= 0.3 is 0 Å². The highest BCUT2D eigenvalue weighted by Gasteiger charge is 2.04. The molecule has 0 unspecified atom stereocenters. The molecule has 0 radical (unpaired) electrons. The average molecular weight is 290 g/mol. The quantitative estimate of drug-likeness (QED) is 0.888. The van der Waals surface area contributed by atoms with E-state index in [0.717, 1.165) is 28.4 Å². The second-order valence-electron chi connectivity index (χ2n) is 5.01. The summed E-state index contributed by atoms with van der Waals surface area (Å²) in [5.74, 6) is 0.864. The van der Waals surface area contributed by atoms with Crippen molar-refractivity contribution in [2.24, 2.45) is 0 Å².